The van der Waals surface area contributed by atoms with Crippen LogP contribution >= 0.6 is 43.2 Å². The Morgan fingerprint density at radius 3 is 2.38 bits per heavy atom. The zero-order valence-electron chi connectivity index (χ0n) is 7.07. The van der Waals surface area contributed by atoms with Crippen molar-refractivity contribution >= 4 is 43.2 Å². The highest BCUT2D eigenvalue weighted by atomic mass is 79.9. The summed E-state index contributed by atoms with van der Waals surface area (Å²) in [4.78, 5) is -0.244. The van der Waals surface area contributed by atoms with Gasteiger partial charge in [-0.3, -0.25) is 0 Å². The van der Waals surface area contributed by atoms with Gasteiger partial charge in [0.2, 0.25) is 0 Å². The van der Waals surface area contributed by atoms with E-state index in [0.717, 1.165) is 16.3 Å². The molecular weight excluding hydrogens is 326 g/mol. The van der Waals surface area contributed by atoms with Gasteiger partial charge in [-0.1, -0.05) is 15.9 Å². The van der Waals surface area contributed by atoms with Gasteiger partial charge in [0, 0.05) is 11.8 Å². The van der Waals surface area contributed by atoms with Gasteiger partial charge in [-0.25, -0.2) is 8.78 Å². The molecule has 1 atom stereocenters. The minimum atomic E-state index is -2.73. The fraction of sp³-hybridized carbons (Fsp3) is 0.500. The predicted molar refractivity (Wildman–Crippen MR) is 59.0 cm³/mol. The van der Waals surface area contributed by atoms with Gasteiger partial charge < -0.3 is 0 Å². The topological polar surface area (TPSA) is 0 Å². The molecule has 0 saturated heterocycles. The molecule has 1 aromatic rings. The van der Waals surface area contributed by atoms with Gasteiger partial charge >= 0.3 is 0 Å². The monoisotopic (exact) mass is 332 g/mol. The van der Waals surface area contributed by atoms with Crippen LogP contribution < -0.4 is 0 Å². The Hall–Kier alpha value is 0.520. The van der Waals surface area contributed by atoms with E-state index < -0.39 is 10.7 Å². The molecule has 0 aliphatic heterocycles. The van der Waals surface area contributed by atoms with Gasteiger partial charge in [0.15, 0.2) is 0 Å². The molecule has 0 aliphatic carbocycles. The van der Waals surface area contributed by atoms with E-state index in [9.17, 15) is 8.78 Å². The predicted octanol–water partition coefficient (Wildman–Crippen LogP) is 4.91. The first-order chi connectivity index (χ1) is 5.82. The van der Waals surface area contributed by atoms with Gasteiger partial charge in [0.25, 0.3) is 5.92 Å². The zero-order valence-corrected chi connectivity index (χ0v) is 11.1. The van der Waals surface area contributed by atoms with Crippen molar-refractivity contribution in [2.24, 2.45) is 0 Å². The Kier molecular flexibility index (Phi) is 3.52. The largest absolute Gasteiger partial charge is 0.262 e. The third kappa shape index (κ3) is 2.73. The van der Waals surface area contributed by atoms with E-state index >= 15 is 0 Å². The molecule has 0 fully saturated rings. The minimum Gasteiger partial charge on any atom is -0.206 e. The summed E-state index contributed by atoms with van der Waals surface area (Å²) >= 11 is 7.64. The molecule has 1 unspecified atom stereocenters. The van der Waals surface area contributed by atoms with Crippen LogP contribution in [0, 0.1) is 6.92 Å². The summed E-state index contributed by atoms with van der Waals surface area (Å²) in [6.45, 7) is 2.80. The average Bonchev–Trinajstić information content (AvgIpc) is 2.29. The van der Waals surface area contributed by atoms with Crippen LogP contribution in [0.25, 0.3) is 0 Å². The lowest BCUT2D eigenvalue weighted by atomic mass is 10.2. The van der Waals surface area contributed by atoms with Crippen LogP contribution in [0.2, 0.25) is 0 Å². The summed E-state index contributed by atoms with van der Waals surface area (Å²) in [6, 6.07) is 1.77. The van der Waals surface area contributed by atoms with E-state index in [4.69, 9.17) is 0 Å². The SMILES string of the molecule is Cc1cc(C(Br)C(C)(F)F)sc1Br. The Morgan fingerprint density at radius 2 is 2.08 bits per heavy atom. The maximum atomic E-state index is 12.9. The molecule has 74 valence electrons. The molecule has 0 aliphatic rings. The van der Waals surface area contributed by atoms with Crippen molar-refractivity contribution in [3.05, 3.63) is 20.3 Å². The third-order valence-electron chi connectivity index (χ3n) is 1.57. The minimum absolute atomic E-state index is 0.650. The number of hydrogen-bond acceptors (Lipinski definition) is 1. The molecule has 1 aromatic heterocycles. The molecule has 0 N–H and O–H groups in total. The Morgan fingerprint density at radius 1 is 1.54 bits per heavy atom. The summed E-state index contributed by atoms with van der Waals surface area (Å²) in [7, 11) is 0. The van der Waals surface area contributed by atoms with E-state index in [1.54, 1.807) is 6.07 Å². The fourth-order valence-corrected chi connectivity index (χ4v) is 2.92. The molecule has 0 amide bonds. The lowest BCUT2D eigenvalue weighted by Crippen LogP contribution is -2.15. The van der Waals surface area contributed by atoms with Gasteiger partial charge in [-0.15, -0.1) is 11.3 Å². The second-order valence-corrected chi connectivity index (χ2v) is 6.24. The molecule has 1 heterocycles. The standard InChI is InChI=1S/C8H8Br2F2S/c1-4-3-5(13-7(4)10)6(9)8(2,11)12/h3,6H,1-2H3. The second-order valence-electron chi connectivity index (χ2n) is 2.92. The molecule has 0 bridgehead atoms. The van der Waals surface area contributed by atoms with Crippen molar-refractivity contribution in [2.45, 2.75) is 24.6 Å². The molecule has 0 saturated carbocycles. The zero-order chi connectivity index (χ0) is 10.2. The van der Waals surface area contributed by atoms with Crippen LogP contribution in [0.1, 0.15) is 22.2 Å². The highest BCUT2D eigenvalue weighted by molar-refractivity contribution is 9.11. The van der Waals surface area contributed by atoms with Crippen LogP contribution in [0.15, 0.2) is 9.85 Å². The number of alkyl halides is 3. The van der Waals surface area contributed by atoms with Crippen molar-refractivity contribution in [2.75, 3.05) is 0 Å². The third-order valence-corrected chi connectivity index (χ3v) is 5.37. The molecule has 0 aromatic carbocycles. The first-order valence-corrected chi connectivity index (χ1v) is 6.12. The maximum absolute atomic E-state index is 12.9. The number of aryl methyl sites for hydroxylation is 1. The molecule has 13 heavy (non-hydrogen) atoms. The van der Waals surface area contributed by atoms with Crippen molar-refractivity contribution < 1.29 is 8.78 Å². The van der Waals surface area contributed by atoms with Crippen LogP contribution in [-0.4, -0.2) is 5.92 Å². The summed E-state index contributed by atoms with van der Waals surface area (Å²) in [5.41, 5.74) is 0.994. The van der Waals surface area contributed by atoms with Gasteiger partial charge in [0.1, 0.15) is 4.83 Å². The maximum Gasteiger partial charge on any atom is 0.262 e. The molecule has 0 spiro atoms. The van der Waals surface area contributed by atoms with Crippen LogP contribution in [-0.2, 0) is 0 Å². The van der Waals surface area contributed by atoms with Gasteiger partial charge in [0.05, 0.1) is 3.79 Å². The normalized spacial score (nSPS) is 14.6. The lowest BCUT2D eigenvalue weighted by molar-refractivity contribution is 0.0221. The van der Waals surface area contributed by atoms with Gasteiger partial charge in [-0.05, 0) is 34.5 Å². The molecule has 0 radical (unpaired) electrons. The van der Waals surface area contributed by atoms with Gasteiger partial charge in [-0.2, -0.15) is 0 Å². The highest BCUT2D eigenvalue weighted by Gasteiger charge is 2.34. The highest BCUT2D eigenvalue weighted by Crippen LogP contribution is 2.43. The van der Waals surface area contributed by atoms with E-state index in [2.05, 4.69) is 31.9 Å². The molecule has 5 heteroatoms. The van der Waals surface area contributed by atoms with Crippen LogP contribution in [0.5, 0.6) is 0 Å². The van der Waals surface area contributed by atoms with Crippen LogP contribution in [0.3, 0.4) is 0 Å². The number of halogens is 4. The fourth-order valence-electron chi connectivity index (χ4n) is 0.858. The van der Waals surface area contributed by atoms with Crippen molar-refractivity contribution in [3.8, 4) is 0 Å². The van der Waals surface area contributed by atoms with Crippen LogP contribution in [0.4, 0.5) is 8.78 Å². The lowest BCUT2D eigenvalue weighted by Gasteiger charge is -2.15. The first kappa shape index (κ1) is 11.6. The first-order valence-electron chi connectivity index (χ1n) is 3.60. The average molecular weight is 334 g/mol. The number of rotatable bonds is 2. The quantitative estimate of drug-likeness (QED) is 0.674. The molecule has 0 nitrogen and oxygen atoms in total. The second kappa shape index (κ2) is 3.95. The molecule has 1 rings (SSSR count). The summed E-state index contributed by atoms with van der Waals surface area (Å²) < 4.78 is 26.7. The number of hydrogen-bond donors (Lipinski definition) is 0. The molecular formula is C8H8Br2F2S. The van der Waals surface area contributed by atoms with E-state index in [-0.39, 0.29) is 0 Å². The van der Waals surface area contributed by atoms with Crippen molar-refractivity contribution in [1.29, 1.82) is 0 Å². The van der Waals surface area contributed by atoms with E-state index in [1.165, 1.54) is 11.3 Å². The van der Waals surface area contributed by atoms with Crippen molar-refractivity contribution in [1.82, 2.24) is 0 Å². The summed E-state index contributed by atoms with van der Waals surface area (Å²) in [5.74, 6) is -2.73. The van der Waals surface area contributed by atoms with Crippen molar-refractivity contribution in [3.63, 3.8) is 0 Å². The van der Waals surface area contributed by atoms with E-state index in [1.807, 2.05) is 6.92 Å². The Bertz CT molecular complexity index is 284. The van der Waals surface area contributed by atoms with E-state index in [0.29, 0.717) is 4.88 Å². The summed E-state index contributed by atoms with van der Waals surface area (Å²) in [6.07, 6.45) is 0. The number of thiophene rings is 1. The Balaban J connectivity index is 2.96. The summed E-state index contributed by atoms with van der Waals surface area (Å²) in [5, 5.41) is 0. The smallest absolute Gasteiger partial charge is 0.206 e. The Labute approximate surface area is 96.6 Å².